The fourth-order valence-electron chi connectivity index (χ4n) is 1.58. The molecule has 0 saturated heterocycles. The van der Waals surface area contributed by atoms with E-state index in [2.05, 4.69) is 20.8 Å². The summed E-state index contributed by atoms with van der Waals surface area (Å²) in [5.74, 6) is 0. The minimum Gasteiger partial charge on any atom is -0.303 e. The van der Waals surface area contributed by atoms with Crippen molar-refractivity contribution in [1.82, 2.24) is 9.13 Å². The molecule has 4 heteroatoms. The lowest BCUT2D eigenvalue weighted by atomic mass is 9.89. The number of nitrogens with zero attached hydrogens (tertiary/aromatic N) is 2. The highest BCUT2D eigenvalue weighted by molar-refractivity contribution is 5.07. The van der Waals surface area contributed by atoms with Crippen molar-refractivity contribution in [3.05, 3.63) is 32.6 Å². The van der Waals surface area contributed by atoms with Gasteiger partial charge in [0.1, 0.15) is 0 Å². The highest BCUT2D eigenvalue weighted by atomic mass is 16.2. The van der Waals surface area contributed by atoms with E-state index < -0.39 is 0 Å². The first kappa shape index (κ1) is 11.8. The zero-order valence-electron chi connectivity index (χ0n) is 10.00. The molecule has 84 valence electrons. The van der Waals surface area contributed by atoms with Crippen molar-refractivity contribution in [1.29, 1.82) is 0 Å². The van der Waals surface area contributed by atoms with Crippen molar-refractivity contribution in [2.45, 2.75) is 27.2 Å². The predicted molar refractivity (Wildman–Crippen MR) is 60.1 cm³/mol. The lowest BCUT2D eigenvalue weighted by Gasteiger charge is -2.18. The summed E-state index contributed by atoms with van der Waals surface area (Å²) < 4.78 is 2.60. The standard InChI is InChI=1S/C11H18N2O2/c1-11(2,3)6-8-7-12(4)10(15)13(5)9(8)14/h7H,6H2,1-5H3. The second kappa shape index (κ2) is 3.68. The van der Waals surface area contributed by atoms with Gasteiger partial charge in [-0.25, -0.2) is 4.79 Å². The van der Waals surface area contributed by atoms with E-state index >= 15 is 0 Å². The van der Waals surface area contributed by atoms with Crippen LogP contribution in [-0.2, 0) is 20.5 Å². The molecule has 0 aliphatic rings. The molecule has 0 aromatic carbocycles. The van der Waals surface area contributed by atoms with E-state index in [-0.39, 0.29) is 16.7 Å². The Kier molecular flexibility index (Phi) is 2.88. The zero-order valence-corrected chi connectivity index (χ0v) is 10.00. The van der Waals surface area contributed by atoms with Gasteiger partial charge >= 0.3 is 5.69 Å². The van der Waals surface area contributed by atoms with Crippen LogP contribution in [0, 0.1) is 5.41 Å². The number of aryl methyl sites for hydroxylation is 1. The maximum atomic E-state index is 11.8. The van der Waals surface area contributed by atoms with Gasteiger partial charge in [-0.2, -0.15) is 0 Å². The van der Waals surface area contributed by atoms with Gasteiger partial charge in [-0.3, -0.25) is 9.36 Å². The van der Waals surface area contributed by atoms with Gasteiger partial charge in [-0.15, -0.1) is 0 Å². The van der Waals surface area contributed by atoms with E-state index in [0.717, 1.165) is 4.57 Å². The highest BCUT2D eigenvalue weighted by Gasteiger charge is 2.15. The van der Waals surface area contributed by atoms with E-state index in [0.29, 0.717) is 12.0 Å². The average molecular weight is 210 g/mol. The average Bonchev–Trinajstić information content (AvgIpc) is 2.08. The van der Waals surface area contributed by atoms with Gasteiger partial charge < -0.3 is 4.57 Å². The molecule has 0 N–H and O–H groups in total. The Bertz CT molecular complexity index is 475. The molecule has 0 aliphatic heterocycles. The Labute approximate surface area is 89.2 Å². The summed E-state index contributed by atoms with van der Waals surface area (Å²) in [7, 11) is 3.17. The van der Waals surface area contributed by atoms with Crippen LogP contribution in [0.3, 0.4) is 0 Å². The molecule has 0 saturated carbocycles. The molecule has 0 bridgehead atoms. The summed E-state index contributed by atoms with van der Waals surface area (Å²) in [5.41, 5.74) is 0.265. The second-order valence-corrected chi connectivity index (χ2v) is 5.15. The van der Waals surface area contributed by atoms with E-state index in [1.807, 2.05) is 0 Å². The first-order chi connectivity index (χ1) is 6.72. The Hall–Kier alpha value is -1.32. The summed E-state index contributed by atoms with van der Waals surface area (Å²) in [6.07, 6.45) is 2.31. The third-order valence-corrected chi connectivity index (χ3v) is 2.24. The Balaban J connectivity index is 3.34. The molecule has 1 rings (SSSR count). The van der Waals surface area contributed by atoms with Crippen molar-refractivity contribution in [3.8, 4) is 0 Å². The molecule has 0 spiro atoms. The summed E-state index contributed by atoms with van der Waals surface area (Å²) in [6, 6.07) is 0. The van der Waals surface area contributed by atoms with E-state index in [1.165, 1.54) is 11.6 Å². The van der Waals surface area contributed by atoms with Gasteiger partial charge in [0.05, 0.1) is 0 Å². The molecule has 0 radical (unpaired) electrons. The lowest BCUT2D eigenvalue weighted by Crippen LogP contribution is -2.39. The molecule has 0 fully saturated rings. The number of rotatable bonds is 1. The smallest absolute Gasteiger partial charge is 0.303 e. The first-order valence-electron chi connectivity index (χ1n) is 4.98. The molecule has 1 aromatic heterocycles. The zero-order chi connectivity index (χ0) is 11.8. The predicted octanol–water partition coefficient (Wildman–Crippen LogP) is 0.673. The summed E-state index contributed by atoms with van der Waals surface area (Å²) >= 11 is 0. The number of hydrogen-bond acceptors (Lipinski definition) is 2. The third-order valence-electron chi connectivity index (χ3n) is 2.24. The van der Waals surface area contributed by atoms with Crippen LogP contribution in [0.1, 0.15) is 26.3 Å². The van der Waals surface area contributed by atoms with Gasteiger partial charge in [0.15, 0.2) is 0 Å². The van der Waals surface area contributed by atoms with Gasteiger partial charge in [-0.1, -0.05) is 20.8 Å². The van der Waals surface area contributed by atoms with Crippen LogP contribution in [0.4, 0.5) is 0 Å². The van der Waals surface area contributed by atoms with Crippen LogP contribution in [-0.4, -0.2) is 9.13 Å². The lowest BCUT2D eigenvalue weighted by molar-refractivity contribution is 0.405. The molecule has 1 heterocycles. The second-order valence-electron chi connectivity index (χ2n) is 5.15. The SMILES string of the molecule is Cn1cc(CC(C)(C)C)c(=O)n(C)c1=O. The van der Waals surface area contributed by atoms with Crippen LogP contribution in [0.2, 0.25) is 0 Å². The topological polar surface area (TPSA) is 44.0 Å². The van der Waals surface area contributed by atoms with Crippen molar-refractivity contribution >= 4 is 0 Å². The normalized spacial score (nSPS) is 11.8. The largest absolute Gasteiger partial charge is 0.330 e. The first-order valence-corrected chi connectivity index (χ1v) is 4.98. The number of aromatic nitrogens is 2. The molecule has 0 unspecified atom stereocenters. The van der Waals surface area contributed by atoms with Gasteiger partial charge in [0.25, 0.3) is 5.56 Å². The van der Waals surface area contributed by atoms with Crippen molar-refractivity contribution in [3.63, 3.8) is 0 Å². The fourth-order valence-corrected chi connectivity index (χ4v) is 1.58. The van der Waals surface area contributed by atoms with Crippen LogP contribution in [0.15, 0.2) is 15.8 Å². The Morgan fingerprint density at radius 2 is 1.73 bits per heavy atom. The summed E-state index contributed by atoms with van der Waals surface area (Å²) in [6.45, 7) is 6.20. The molecule has 1 aromatic rings. The monoisotopic (exact) mass is 210 g/mol. The minimum atomic E-state index is -0.280. The molecule has 0 atom stereocenters. The van der Waals surface area contributed by atoms with E-state index in [4.69, 9.17) is 0 Å². The van der Waals surface area contributed by atoms with E-state index in [1.54, 1.807) is 13.2 Å². The van der Waals surface area contributed by atoms with Gasteiger partial charge in [-0.05, 0) is 11.8 Å². The van der Waals surface area contributed by atoms with Crippen LogP contribution in [0.25, 0.3) is 0 Å². The molecular formula is C11H18N2O2. The van der Waals surface area contributed by atoms with Gasteiger partial charge in [0.2, 0.25) is 0 Å². The maximum absolute atomic E-state index is 11.8. The molecule has 0 aliphatic carbocycles. The van der Waals surface area contributed by atoms with Crippen LogP contribution < -0.4 is 11.2 Å². The van der Waals surface area contributed by atoms with Gasteiger partial charge in [0, 0.05) is 25.9 Å². The molecular weight excluding hydrogens is 192 g/mol. The van der Waals surface area contributed by atoms with Crippen molar-refractivity contribution < 1.29 is 0 Å². The van der Waals surface area contributed by atoms with E-state index in [9.17, 15) is 9.59 Å². The molecule has 0 amide bonds. The minimum absolute atomic E-state index is 0.0452. The maximum Gasteiger partial charge on any atom is 0.330 e. The summed E-state index contributed by atoms with van der Waals surface area (Å²) in [5, 5.41) is 0. The van der Waals surface area contributed by atoms with Crippen molar-refractivity contribution in [2.24, 2.45) is 19.5 Å². The highest BCUT2D eigenvalue weighted by Crippen LogP contribution is 2.17. The number of hydrogen-bond donors (Lipinski definition) is 0. The Morgan fingerprint density at radius 1 is 1.20 bits per heavy atom. The quantitative estimate of drug-likeness (QED) is 0.684. The molecule has 4 nitrogen and oxygen atoms in total. The fraction of sp³-hybridized carbons (Fsp3) is 0.636. The third kappa shape index (κ3) is 2.58. The Morgan fingerprint density at radius 3 is 2.20 bits per heavy atom. The van der Waals surface area contributed by atoms with Crippen LogP contribution >= 0.6 is 0 Å². The summed E-state index contributed by atoms with van der Waals surface area (Å²) in [4.78, 5) is 23.2. The molecule has 15 heavy (non-hydrogen) atoms. The van der Waals surface area contributed by atoms with Crippen LogP contribution in [0.5, 0.6) is 0 Å². The van der Waals surface area contributed by atoms with Crippen molar-refractivity contribution in [2.75, 3.05) is 0 Å².